The highest BCUT2D eigenvalue weighted by Crippen LogP contribution is 2.11. The molecule has 0 aliphatic rings. The standard InChI is InChI=1S/C16H25NO2/c1-13(2)8-5-3-4-6-11-17-16(19)14-9-7-10-15(18)12-14/h7,9-10,12-13,18H,3-6,8,11H2,1-2H3,(H,17,19). The molecule has 0 heterocycles. The Balaban J connectivity index is 2.11. The zero-order valence-corrected chi connectivity index (χ0v) is 12.0. The van der Waals surface area contributed by atoms with Crippen molar-refractivity contribution in [3.8, 4) is 5.75 Å². The van der Waals surface area contributed by atoms with E-state index in [0.29, 0.717) is 12.1 Å². The van der Waals surface area contributed by atoms with Crippen molar-refractivity contribution in [1.29, 1.82) is 0 Å². The lowest BCUT2D eigenvalue weighted by Crippen LogP contribution is -2.24. The molecule has 0 saturated carbocycles. The molecule has 1 rings (SSSR count). The van der Waals surface area contributed by atoms with Crippen LogP contribution in [0.15, 0.2) is 24.3 Å². The van der Waals surface area contributed by atoms with Crippen molar-refractivity contribution in [3.63, 3.8) is 0 Å². The number of nitrogens with one attached hydrogen (secondary N) is 1. The summed E-state index contributed by atoms with van der Waals surface area (Å²) in [6, 6.07) is 6.43. The average molecular weight is 263 g/mol. The van der Waals surface area contributed by atoms with Gasteiger partial charge < -0.3 is 10.4 Å². The molecule has 0 unspecified atom stereocenters. The van der Waals surface area contributed by atoms with E-state index in [1.54, 1.807) is 18.2 Å². The average Bonchev–Trinajstić information content (AvgIpc) is 2.37. The van der Waals surface area contributed by atoms with Crippen LogP contribution in [0.4, 0.5) is 0 Å². The van der Waals surface area contributed by atoms with Gasteiger partial charge in [0.2, 0.25) is 0 Å². The number of rotatable bonds is 8. The lowest BCUT2D eigenvalue weighted by atomic mass is 10.0. The van der Waals surface area contributed by atoms with Crippen molar-refractivity contribution >= 4 is 5.91 Å². The smallest absolute Gasteiger partial charge is 0.251 e. The molecule has 19 heavy (non-hydrogen) atoms. The third-order valence-electron chi connectivity index (χ3n) is 3.10. The Hall–Kier alpha value is -1.51. The first-order valence-corrected chi connectivity index (χ1v) is 7.17. The molecule has 0 atom stereocenters. The Kier molecular flexibility index (Phi) is 7.01. The van der Waals surface area contributed by atoms with E-state index in [-0.39, 0.29) is 11.7 Å². The van der Waals surface area contributed by atoms with Gasteiger partial charge in [-0.1, -0.05) is 45.6 Å². The zero-order valence-electron chi connectivity index (χ0n) is 12.0. The largest absolute Gasteiger partial charge is 0.508 e. The highest BCUT2D eigenvalue weighted by molar-refractivity contribution is 5.94. The molecule has 2 N–H and O–H groups in total. The van der Waals surface area contributed by atoms with E-state index in [4.69, 9.17) is 0 Å². The second kappa shape index (κ2) is 8.57. The van der Waals surface area contributed by atoms with Gasteiger partial charge in [-0.05, 0) is 30.5 Å². The van der Waals surface area contributed by atoms with E-state index in [1.165, 1.54) is 25.3 Å². The van der Waals surface area contributed by atoms with Crippen LogP contribution in [-0.2, 0) is 0 Å². The first-order chi connectivity index (χ1) is 9.09. The molecule has 3 nitrogen and oxygen atoms in total. The second-order valence-electron chi connectivity index (χ2n) is 5.40. The van der Waals surface area contributed by atoms with Crippen LogP contribution in [0.3, 0.4) is 0 Å². The zero-order chi connectivity index (χ0) is 14.1. The maximum atomic E-state index is 11.8. The van der Waals surface area contributed by atoms with Crippen LogP contribution >= 0.6 is 0 Å². The van der Waals surface area contributed by atoms with Gasteiger partial charge in [-0.15, -0.1) is 0 Å². The fourth-order valence-corrected chi connectivity index (χ4v) is 1.98. The third kappa shape index (κ3) is 6.85. The number of carbonyl (C=O) groups excluding carboxylic acids is 1. The summed E-state index contributed by atoms with van der Waals surface area (Å²) in [6.45, 7) is 5.20. The van der Waals surface area contributed by atoms with Crippen molar-refractivity contribution in [2.45, 2.75) is 46.0 Å². The van der Waals surface area contributed by atoms with Gasteiger partial charge in [-0.2, -0.15) is 0 Å². The van der Waals surface area contributed by atoms with Crippen molar-refractivity contribution in [1.82, 2.24) is 5.32 Å². The summed E-state index contributed by atoms with van der Waals surface area (Å²) in [6.07, 6.45) is 5.98. The molecule has 1 aromatic rings. The first kappa shape index (κ1) is 15.5. The van der Waals surface area contributed by atoms with Crippen molar-refractivity contribution in [3.05, 3.63) is 29.8 Å². The molecule has 0 spiro atoms. The SMILES string of the molecule is CC(C)CCCCCCNC(=O)c1cccc(O)c1. The quantitative estimate of drug-likeness (QED) is 0.702. The van der Waals surface area contributed by atoms with Gasteiger partial charge in [0.1, 0.15) is 5.75 Å². The lowest BCUT2D eigenvalue weighted by molar-refractivity contribution is 0.0952. The fourth-order valence-electron chi connectivity index (χ4n) is 1.98. The molecule has 0 fully saturated rings. The second-order valence-corrected chi connectivity index (χ2v) is 5.40. The fraction of sp³-hybridized carbons (Fsp3) is 0.562. The van der Waals surface area contributed by atoms with Crippen LogP contribution < -0.4 is 5.32 Å². The minimum Gasteiger partial charge on any atom is -0.508 e. The molecular formula is C16H25NO2. The predicted molar refractivity (Wildman–Crippen MR) is 78.4 cm³/mol. The van der Waals surface area contributed by atoms with Gasteiger partial charge in [-0.3, -0.25) is 4.79 Å². The summed E-state index contributed by atoms with van der Waals surface area (Å²) in [5.41, 5.74) is 0.514. The van der Waals surface area contributed by atoms with Crippen LogP contribution in [0.1, 0.15) is 56.3 Å². The Morgan fingerprint density at radius 1 is 1.21 bits per heavy atom. The molecule has 1 amide bonds. The van der Waals surface area contributed by atoms with Gasteiger partial charge >= 0.3 is 0 Å². The van der Waals surface area contributed by atoms with Gasteiger partial charge in [0.15, 0.2) is 0 Å². The van der Waals surface area contributed by atoms with Crippen molar-refractivity contribution in [2.24, 2.45) is 5.92 Å². The Morgan fingerprint density at radius 3 is 2.63 bits per heavy atom. The number of hydrogen-bond acceptors (Lipinski definition) is 2. The topological polar surface area (TPSA) is 49.3 Å². The molecule has 0 aliphatic heterocycles. The minimum absolute atomic E-state index is 0.113. The summed E-state index contributed by atoms with van der Waals surface area (Å²) in [7, 11) is 0. The predicted octanol–water partition coefficient (Wildman–Crippen LogP) is 3.73. The molecule has 0 bridgehead atoms. The molecule has 1 aromatic carbocycles. The third-order valence-corrected chi connectivity index (χ3v) is 3.10. The molecule has 3 heteroatoms. The summed E-state index contributed by atoms with van der Waals surface area (Å²) in [5, 5.41) is 12.2. The van der Waals surface area contributed by atoms with E-state index in [0.717, 1.165) is 18.8 Å². The number of aromatic hydroxyl groups is 1. The van der Waals surface area contributed by atoms with Gasteiger partial charge in [0.05, 0.1) is 0 Å². The molecular weight excluding hydrogens is 238 g/mol. The van der Waals surface area contributed by atoms with Crippen LogP contribution in [-0.4, -0.2) is 17.6 Å². The monoisotopic (exact) mass is 263 g/mol. The maximum absolute atomic E-state index is 11.8. The number of phenols is 1. The van der Waals surface area contributed by atoms with Crippen molar-refractivity contribution < 1.29 is 9.90 Å². The lowest BCUT2D eigenvalue weighted by Gasteiger charge is -2.06. The molecule has 0 radical (unpaired) electrons. The highest BCUT2D eigenvalue weighted by atomic mass is 16.3. The minimum atomic E-state index is -0.113. The number of hydrogen-bond donors (Lipinski definition) is 2. The van der Waals surface area contributed by atoms with Crippen LogP contribution in [0.2, 0.25) is 0 Å². The number of benzene rings is 1. The molecule has 0 saturated heterocycles. The first-order valence-electron chi connectivity index (χ1n) is 7.17. The van der Waals surface area contributed by atoms with Crippen LogP contribution in [0, 0.1) is 5.92 Å². The van der Waals surface area contributed by atoms with Crippen molar-refractivity contribution in [2.75, 3.05) is 6.54 Å². The maximum Gasteiger partial charge on any atom is 0.251 e. The summed E-state index contributed by atoms with van der Waals surface area (Å²) < 4.78 is 0. The number of unbranched alkanes of at least 4 members (excludes halogenated alkanes) is 3. The molecule has 0 aliphatic carbocycles. The van der Waals surface area contributed by atoms with E-state index < -0.39 is 0 Å². The van der Waals surface area contributed by atoms with Crippen LogP contribution in [0.25, 0.3) is 0 Å². The number of phenolic OH excluding ortho intramolecular Hbond substituents is 1. The van der Waals surface area contributed by atoms with E-state index >= 15 is 0 Å². The number of carbonyl (C=O) groups is 1. The number of amides is 1. The van der Waals surface area contributed by atoms with Gasteiger partial charge in [0, 0.05) is 12.1 Å². The Labute approximate surface area is 116 Å². The van der Waals surface area contributed by atoms with Gasteiger partial charge in [0.25, 0.3) is 5.91 Å². The van der Waals surface area contributed by atoms with E-state index in [2.05, 4.69) is 19.2 Å². The summed E-state index contributed by atoms with van der Waals surface area (Å²) in [4.78, 5) is 11.8. The summed E-state index contributed by atoms with van der Waals surface area (Å²) in [5.74, 6) is 0.796. The van der Waals surface area contributed by atoms with E-state index in [1.807, 2.05) is 0 Å². The normalized spacial score (nSPS) is 10.7. The summed E-state index contributed by atoms with van der Waals surface area (Å²) >= 11 is 0. The van der Waals surface area contributed by atoms with Gasteiger partial charge in [-0.25, -0.2) is 0 Å². The Bertz CT molecular complexity index is 388. The van der Waals surface area contributed by atoms with Crippen LogP contribution in [0.5, 0.6) is 5.75 Å². The molecule has 0 aromatic heterocycles. The Morgan fingerprint density at radius 2 is 1.95 bits per heavy atom. The highest BCUT2D eigenvalue weighted by Gasteiger charge is 2.04. The molecule has 106 valence electrons. The van der Waals surface area contributed by atoms with E-state index in [9.17, 15) is 9.90 Å².